The maximum Gasteiger partial charge on any atom is 0.305 e. The van der Waals surface area contributed by atoms with Crippen LogP contribution in [0.4, 0.5) is 0 Å². The standard InChI is InChI=1S/C60H110O8/c1-7-13-17-19-25-31-41-55(43-33-27-21-23-29-35-45-57(61)65-49-53(11-5)39-15-9-3)51-67-59(63)47-37-38-48-60(64)68-52-56(42-32-26-20-18-14-8-2)44-34-28-22-24-30-36-46-58(62)66-50-54(12-6)40-16-10-4/h33-34,43-44,53-56H,7-32,35-42,45-52H2,1-6H3/b43-33+,44-34+. The van der Waals surface area contributed by atoms with E-state index in [0.717, 1.165) is 116 Å². The minimum atomic E-state index is -0.186. The van der Waals surface area contributed by atoms with Crippen molar-refractivity contribution in [1.82, 2.24) is 0 Å². The molecule has 8 heteroatoms. The third-order valence-corrected chi connectivity index (χ3v) is 13.7. The lowest BCUT2D eigenvalue weighted by Gasteiger charge is -2.14. The smallest absolute Gasteiger partial charge is 0.305 e. The first kappa shape index (κ1) is 65.4. The van der Waals surface area contributed by atoms with Crippen LogP contribution in [0.15, 0.2) is 24.3 Å². The summed E-state index contributed by atoms with van der Waals surface area (Å²) in [5.41, 5.74) is 0. The average Bonchev–Trinajstić information content (AvgIpc) is 3.34. The monoisotopic (exact) mass is 959 g/mol. The molecule has 68 heavy (non-hydrogen) atoms. The highest BCUT2D eigenvalue weighted by Gasteiger charge is 2.14. The van der Waals surface area contributed by atoms with Gasteiger partial charge in [-0.15, -0.1) is 0 Å². The topological polar surface area (TPSA) is 105 Å². The van der Waals surface area contributed by atoms with Crippen molar-refractivity contribution in [2.24, 2.45) is 23.7 Å². The molecule has 0 aromatic rings. The lowest BCUT2D eigenvalue weighted by atomic mass is 9.99. The van der Waals surface area contributed by atoms with Crippen molar-refractivity contribution < 1.29 is 38.1 Å². The SMILES string of the molecule is CCCCCCCCC(/C=C/CCCCCCC(=O)OCC(CC)CCCC)COC(=O)CCCCC(=O)OCC(/C=C/CCCCCCC(=O)OCC(CC)CCCC)CCCCCCCC. The normalized spacial score (nSPS) is 13.4. The first-order valence-electron chi connectivity index (χ1n) is 29.2. The summed E-state index contributed by atoms with van der Waals surface area (Å²) >= 11 is 0. The van der Waals surface area contributed by atoms with E-state index in [1.54, 1.807) is 0 Å². The lowest BCUT2D eigenvalue weighted by Crippen LogP contribution is -2.14. The summed E-state index contributed by atoms with van der Waals surface area (Å²) in [6, 6.07) is 0. The first-order chi connectivity index (χ1) is 33.2. The fraction of sp³-hybridized carbons (Fsp3) is 0.867. The molecule has 8 nitrogen and oxygen atoms in total. The van der Waals surface area contributed by atoms with Gasteiger partial charge in [-0.1, -0.05) is 207 Å². The van der Waals surface area contributed by atoms with Crippen LogP contribution in [0.2, 0.25) is 0 Å². The van der Waals surface area contributed by atoms with E-state index in [-0.39, 0.29) is 35.7 Å². The van der Waals surface area contributed by atoms with Crippen LogP contribution in [0.1, 0.15) is 286 Å². The molecule has 0 spiro atoms. The van der Waals surface area contributed by atoms with Crippen molar-refractivity contribution in [1.29, 1.82) is 0 Å². The first-order valence-corrected chi connectivity index (χ1v) is 29.2. The van der Waals surface area contributed by atoms with Crippen molar-refractivity contribution in [3.05, 3.63) is 24.3 Å². The summed E-state index contributed by atoms with van der Waals surface area (Å²) in [6.07, 6.45) is 48.2. The van der Waals surface area contributed by atoms with Crippen LogP contribution in [-0.4, -0.2) is 50.3 Å². The highest BCUT2D eigenvalue weighted by molar-refractivity contribution is 5.71. The second-order valence-corrected chi connectivity index (χ2v) is 20.2. The van der Waals surface area contributed by atoms with Crippen LogP contribution in [-0.2, 0) is 38.1 Å². The molecular formula is C60H110O8. The number of carbonyl (C=O) groups excluding carboxylic acids is 4. The number of hydrogen-bond donors (Lipinski definition) is 0. The van der Waals surface area contributed by atoms with Gasteiger partial charge >= 0.3 is 23.9 Å². The minimum absolute atomic E-state index is 0.0539. The largest absolute Gasteiger partial charge is 0.465 e. The zero-order valence-corrected chi connectivity index (χ0v) is 45.6. The number of carbonyl (C=O) groups is 4. The Hall–Kier alpha value is -2.64. The zero-order chi connectivity index (χ0) is 50.0. The summed E-state index contributed by atoms with van der Waals surface area (Å²) < 4.78 is 22.7. The number of unbranched alkanes of at least 4 members (excludes halogenated alkanes) is 21. The third kappa shape index (κ3) is 44.6. The summed E-state index contributed by atoms with van der Waals surface area (Å²) in [7, 11) is 0. The fourth-order valence-corrected chi connectivity index (χ4v) is 8.64. The average molecular weight is 960 g/mol. The molecule has 0 aromatic carbocycles. The molecule has 0 fully saturated rings. The van der Waals surface area contributed by atoms with Crippen molar-refractivity contribution >= 4 is 23.9 Å². The Kier molecular flexibility index (Phi) is 48.8. The van der Waals surface area contributed by atoms with Gasteiger partial charge in [-0.3, -0.25) is 19.2 Å². The van der Waals surface area contributed by atoms with E-state index < -0.39 is 0 Å². The van der Waals surface area contributed by atoms with Crippen LogP contribution in [0, 0.1) is 23.7 Å². The van der Waals surface area contributed by atoms with Gasteiger partial charge in [0.05, 0.1) is 26.4 Å². The highest BCUT2D eigenvalue weighted by Crippen LogP contribution is 2.20. The minimum Gasteiger partial charge on any atom is -0.465 e. The van der Waals surface area contributed by atoms with Gasteiger partial charge in [0.25, 0.3) is 0 Å². The molecular weight excluding hydrogens is 849 g/mol. The Morgan fingerprint density at radius 3 is 0.971 bits per heavy atom. The van der Waals surface area contributed by atoms with Crippen LogP contribution >= 0.6 is 0 Å². The molecule has 398 valence electrons. The predicted octanol–water partition coefficient (Wildman–Crippen LogP) is 17.7. The highest BCUT2D eigenvalue weighted by atomic mass is 16.5. The molecule has 0 aliphatic rings. The third-order valence-electron chi connectivity index (χ3n) is 13.7. The molecule has 0 aliphatic carbocycles. The zero-order valence-electron chi connectivity index (χ0n) is 45.6. The van der Waals surface area contributed by atoms with Gasteiger partial charge < -0.3 is 18.9 Å². The molecule has 0 saturated heterocycles. The molecule has 0 saturated carbocycles. The second-order valence-electron chi connectivity index (χ2n) is 20.2. The van der Waals surface area contributed by atoms with Gasteiger partial charge in [0, 0.05) is 37.5 Å². The van der Waals surface area contributed by atoms with E-state index in [0.29, 0.717) is 76.8 Å². The molecule has 0 rings (SSSR count). The van der Waals surface area contributed by atoms with Gasteiger partial charge in [0.1, 0.15) is 0 Å². The van der Waals surface area contributed by atoms with Gasteiger partial charge in [0.2, 0.25) is 0 Å². The Morgan fingerprint density at radius 2 is 0.618 bits per heavy atom. The summed E-state index contributed by atoms with van der Waals surface area (Å²) in [6.45, 7) is 15.2. The Morgan fingerprint density at radius 1 is 0.324 bits per heavy atom. The number of rotatable bonds is 51. The van der Waals surface area contributed by atoms with Gasteiger partial charge in [-0.2, -0.15) is 0 Å². The molecule has 0 N–H and O–H groups in total. The molecule has 0 amide bonds. The van der Waals surface area contributed by atoms with E-state index in [1.165, 1.54) is 89.9 Å². The number of ether oxygens (including phenoxy) is 4. The fourth-order valence-electron chi connectivity index (χ4n) is 8.64. The maximum absolute atomic E-state index is 12.8. The molecule has 0 aromatic heterocycles. The van der Waals surface area contributed by atoms with Crippen molar-refractivity contribution in [3.63, 3.8) is 0 Å². The lowest BCUT2D eigenvalue weighted by molar-refractivity contribution is -0.146. The Bertz CT molecular complexity index is 1120. The molecule has 0 radical (unpaired) electrons. The van der Waals surface area contributed by atoms with E-state index >= 15 is 0 Å². The van der Waals surface area contributed by atoms with Gasteiger partial charge in [-0.25, -0.2) is 0 Å². The molecule has 0 bridgehead atoms. The molecule has 4 unspecified atom stereocenters. The summed E-state index contributed by atoms with van der Waals surface area (Å²) in [5.74, 6) is 0.940. The maximum atomic E-state index is 12.8. The summed E-state index contributed by atoms with van der Waals surface area (Å²) in [4.78, 5) is 50.0. The Labute approximate surface area is 420 Å². The van der Waals surface area contributed by atoms with E-state index in [2.05, 4.69) is 65.8 Å². The van der Waals surface area contributed by atoms with Crippen molar-refractivity contribution in [3.8, 4) is 0 Å². The summed E-state index contributed by atoms with van der Waals surface area (Å²) in [5, 5.41) is 0. The van der Waals surface area contributed by atoms with Crippen molar-refractivity contribution in [2.75, 3.05) is 26.4 Å². The number of hydrogen-bond acceptors (Lipinski definition) is 8. The van der Waals surface area contributed by atoms with Crippen LogP contribution in [0.3, 0.4) is 0 Å². The van der Waals surface area contributed by atoms with Crippen LogP contribution < -0.4 is 0 Å². The van der Waals surface area contributed by atoms with E-state index in [4.69, 9.17) is 18.9 Å². The van der Waals surface area contributed by atoms with Gasteiger partial charge in [0.15, 0.2) is 0 Å². The Balaban J connectivity index is 4.64. The predicted molar refractivity (Wildman–Crippen MR) is 286 cm³/mol. The number of esters is 4. The molecule has 0 aliphatic heterocycles. The second kappa shape index (κ2) is 50.7. The van der Waals surface area contributed by atoms with Crippen LogP contribution in [0.25, 0.3) is 0 Å². The molecule has 0 heterocycles. The number of allylic oxidation sites excluding steroid dienone is 2. The van der Waals surface area contributed by atoms with Crippen LogP contribution in [0.5, 0.6) is 0 Å². The van der Waals surface area contributed by atoms with Gasteiger partial charge in [-0.05, 0) is 88.9 Å². The van der Waals surface area contributed by atoms with Crippen molar-refractivity contribution in [2.45, 2.75) is 286 Å². The van der Waals surface area contributed by atoms with E-state index in [9.17, 15) is 19.2 Å². The quantitative estimate of drug-likeness (QED) is 0.0257. The van der Waals surface area contributed by atoms with E-state index in [1.807, 2.05) is 0 Å². The molecule has 4 atom stereocenters.